The largest absolute Gasteiger partial charge is 0.363 e. The Kier molecular flexibility index (Phi) is 13.1. The summed E-state index contributed by atoms with van der Waals surface area (Å²) in [6.45, 7) is 12.2. The van der Waals surface area contributed by atoms with Gasteiger partial charge < -0.3 is 22.8 Å². The molecule has 1 saturated carbocycles. The summed E-state index contributed by atoms with van der Waals surface area (Å²) in [6.07, 6.45) is 1.11. The molecule has 4 atom stereocenters. The minimum absolute atomic E-state index is 0.0997. The van der Waals surface area contributed by atoms with E-state index >= 15 is 0 Å². The molecule has 1 aliphatic carbocycles. The molecule has 210 valence electrons. The van der Waals surface area contributed by atoms with E-state index in [1.165, 1.54) is 16.8 Å². The number of hydrogen-bond donors (Lipinski definition) is 1. The molecular formula is C23H40N4O8P2. The Morgan fingerprint density at radius 1 is 1.16 bits per heavy atom. The van der Waals surface area contributed by atoms with Gasteiger partial charge in [0.05, 0.1) is 44.5 Å². The van der Waals surface area contributed by atoms with Gasteiger partial charge in [0.15, 0.2) is 0 Å². The van der Waals surface area contributed by atoms with Gasteiger partial charge in [-0.25, -0.2) is 9.46 Å². The molecule has 0 spiro atoms. The van der Waals surface area contributed by atoms with Gasteiger partial charge in [-0.15, -0.1) is 0 Å². The molecular weight excluding hydrogens is 522 g/mol. The maximum Gasteiger partial charge on any atom is 0.356 e. The van der Waals surface area contributed by atoms with Crippen molar-refractivity contribution in [1.82, 2.24) is 14.2 Å². The van der Waals surface area contributed by atoms with E-state index in [1.807, 2.05) is 27.7 Å². The predicted octanol–water partition coefficient (Wildman–Crippen LogP) is 4.14. The van der Waals surface area contributed by atoms with Crippen molar-refractivity contribution < 1.29 is 27.4 Å². The van der Waals surface area contributed by atoms with Gasteiger partial charge in [-0.05, 0) is 54.4 Å². The second-order valence-electron chi connectivity index (χ2n) is 9.11. The van der Waals surface area contributed by atoms with E-state index in [1.54, 1.807) is 13.8 Å². The second-order valence-corrected chi connectivity index (χ2v) is 12.5. The molecule has 0 bridgehead atoms. The van der Waals surface area contributed by atoms with Crippen LogP contribution in [-0.4, -0.2) is 64.7 Å². The molecule has 0 saturated heterocycles. The van der Waals surface area contributed by atoms with Crippen molar-refractivity contribution >= 4 is 16.1 Å². The van der Waals surface area contributed by atoms with Crippen LogP contribution in [0.4, 0.5) is 0 Å². The van der Waals surface area contributed by atoms with Crippen LogP contribution in [0.5, 0.6) is 0 Å². The zero-order chi connectivity index (χ0) is 27.6. The van der Waals surface area contributed by atoms with Crippen LogP contribution in [0.3, 0.4) is 0 Å². The predicted molar refractivity (Wildman–Crippen MR) is 140 cm³/mol. The lowest BCUT2D eigenvalue weighted by Gasteiger charge is -2.37. The third-order valence-corrected chi connectivity index (χ3v) is 9.58. The summed E-state index contributed by atoms with van der Waals surface area (Å²) in [7, 11) is -5.06. The maximum atomic E-state index is 13.0. The summed E-state index contributed by atoms with van der Waals surface area (Å²) in [5, 5.41) is 9.00. The topological polar surface area (TPSA) is 145 Å². The van der Waals surface area contributed by atoms with Crippen molar-refractivity contribution in [1.29, 1.82) is 5.26 Å². The standard InChI is InChI=1S/C23H40N4O8P2/c1-7-33-37(30,34-8-2)16-31-20-14-19(26-12-10-22(28)25-23(26)29)15-21(20)35-36(32-13-9-11-24)27(17(3)4)18(5)6/h10,12,17-21H,7-9,13-16H2,1-6H3,(H,25,28,29)/t19-,20+,21+,36?/m0/s1. The minimum atomic E-state index is -3.48. The Bertz CT molecular complexity index is 1020. The van der Waals surface area contributed by atoms with E-state index in [9.17, 15) is 14.2 Å². The van der Waals surface area contributed by atoms with E-state index in [-0.39, 0.29) is 50.7 Å². The van der Waals surface area contributed by atoms with Gasteiger partial charge in [0.25, 0.3) is 14.1 Å². The molecule has 1 aromatic heterocycles. The van der Waals surface area contributed by atoms with Crippen molar-refractivity contribution in [3.05, 3.63) is 33.1 Å². The highest BCUT2D eigenvalue weighted by Gasteiger charge is 2.42. The van der Waals surface area contributed by atoms with Crippen LogP contribution >= 0.6 is 16.1 Å². The average Bonchev–Trinajstić information content (AvgIpc) is 3.20. The fourth-order valence-corrected chi connectivity index (χ4v) is 7.41. The Morgan fingerprint density at radius 2 is 1.78 bits per heavy atom. The van der Waals surface area contributed by atoms with Crippen molar-refractivity contribution in [2.45, 2.75) is 91.1 Å². The average molecular weight is 563 g/mol. The zero-order valence-electron chi connectivity index (χ0n) is 22.5. The molecule has 0 aromatic carbocycles. The van der Waals surface area contributed by atoms with Crippen LogP contribution in [0.2, 0.25) is 0 Å². The van der Waals surface area contributed by atoms with E-state index in [0.717, 1.165) is 0 Å². The molecule has 2 rings (SSSR count). The second kappa shape index (κ2) is 15.2. The normalized spacial score (nSPS) is 21.1. The van der Waals surface area contributed by atoms with Crippen molar-refractivity contribution in [2.24, 2.45) is 0 Å². The fraction of sp³-hybridized carbons (Fsp3) is 0.783. The molecule has 0 aliphatic heterocycles. The van der Waals surface area contributed by atoms with Crippen LogP contribution in [0.1, 0.15) is 66.8 Å². The first-order valence-electron chi connectivity index (χ1n) is 12.6. The quantitative estimate of drug-likeness (QED) is 0.230. The van der Waals surface area contributed by atoms with Gasteiger partial charge in [0, 0.05) is 30.4 Å². The number of aromatic nitrogens is 2. The van der Waals surface area contributed by atoms with Gasteiger partial charge in [0.2, 0.25) is 0 Å². The van der Waals surface area contributed by atoms with Crippen molar-refractivity contribution in [3.63, 3.8) is 0 Å². The molecule has 1 N–H and O–H groups in total. The lowest BCUT2D eigenvalue weighted by atomic mass is 10.2. The van der Waals surface area contributed by atoms with Gasteiger partial charge in [0.1, 0.15) is 6.35 Å². The maximum absolute atomic E-state index is 13.0. The highest BCUT2D eigenvalue weighted by atomic mass is 31.2. The number of ether oxygens (including phenoxy) is 1. The van der Waals surface area contributed by atoms with Gasteiger partial charge in [-0.2, -0.15) is 5.26 Å². The van der Waals surface area contributed by atoms with Crippen LogP contribution < -0.4 is 11.2 Å². The van der Waals surface area contributed by atoms with Crippen LogP contribution in [0, 0.1) is 11.3 Å². The number of nitriles is 1. The van der Waals surface area contributed by atoms with Gasteiger partial charge in [-0.3, -0.25) is 18.9 Å². The summed E-state index contributed by atoms with van der Waals surface area (Å²) < 4.78 is 46.0. The number of aromatic amines is 1. The summed E-state index contributed by atoms with van der Waals surface area (Å²) in [6, 6.07) is 3.24. The number of nitrogens with one attached hydrogen (secondary N) is 1. The summed E-state index contributed by atoms with van der Waals surface area (Å²) in [5.41, 5.74) is -1.00. The lowest BCUT2D eigenvalue weighted by molar-refractivity contribution is -0.00320. The monoisotopic (exact) mass is 562 g/mol. The van der Waals surface area contributed by atoms with Crippen LogP contribution in [0.25, 0.3) is 0 Å². The lowest BCUT2D eigenvalue weighted by Crippen LogP contribution is -2.36. The molecule has 12 nitrogen and oxygen atoms in total. The van der Waals surface area contributed by atoms with Crippen LogP contribution in [0.15, 0.2) is 21.9 Å². The Balaban J connectivity index is 2.34. The summed E-state index contributed by atoms with van der Waals surface area (Å²) in [5.74, 6) is 0. The highest BCUT2D eigenvalue weighted by Crippen LogP contribution is 2.52. The molecule has 1 aromatic rings. The number of H-pyrrole nitrogens is 1. The number of nitrogens with zero attached hydrogens (tertiary/aromatic N) is 3. The van der Waals surface area contributed by atoms with Gasteiger partial charge in [-0.1, -0.05) is 0 Å². The third-order valence-electron chi connectivity index (χ3n) is 5.65. The molecule has 37 heavy (non-hydrogen) atoms. The van der Waals surface area contributed by atoms with Crippen molar-refractivity contribution in [3.8, 4) is 6.07 Å². The number of rotatable bonds is 16. The molecule has 1 heterocycles. The zero-order valence-corrected chi connectivity index (χ0v) is 24.3. The van der Waals surface area contributed by atoms with E-state index in [2.05, 4.69) is 15.7 Å². The first kappa shape index (κ1) is 31.8. The van der Waals surface area contributed by atoms with E-state index in [4.69, 9.17) is 28.1 Å². The molecule has 1 unspecified atom stereocenters. The Labute approximate surface area is 219 Å². The first-order valence-corrected chi connectivity index (χ1v) is 15.5. The molecule has 0 amide bonds. The van der Waals surface area contributed by atoms with E-state index < -0.39 is 39.6 Å². The molecule has 14 heteroatoms. The Morgan fingerprint density at radius 3 is 2.32 bits per heavy atom. The number of hydrogen-bond acceptors (Lipinski definition) is 10. The smallest absolute Gasteiger partial charge is 0.356 e. The SMILES string of the molecule is CCOP(=O)(CO[C@@H]1C[C@H](n2ccc(=O)[nH]c2=O)C[C@H]1OP(OCCC#N)N(C(C)C)C(C)C)OCC. The molecule has 0 radical (unpaired) electrons. The highest BCUT2D eigenvalue weighted by molar-refractivity contribution is 7.53. The fourth-order valence-electron chi connectivity index (χ4n) is 4.27. The van der Waals surface area contributed by atoms with E-state index in [0.29, 0.717) is 12.8 Å². The molecule has 1 fully saturated rings. The Hall–Kier alpha value is -1.41. The van der Waals surface area contributed by atoms with Crippen molar-refractivity contribution in [2.75, 3.05) is 26.2 Å². The minimum Gasteiger partial charge on any atom is -0.363 e. The first-order chi connectivity index (χ1) is 17.5. The summed E-state index contributed by atoms with van der Waals surface area (Å²) >= 11 is 0. The van der Waals surface area contributed by atoms with Gasteiger partial charge >= 0.3 is 13.3 Å². The summed E-state index contributed by atoms with van der Waals surface area (Å²) in [4.78, 5) is 26.4. The van der Waals surface area contributed by atoms with Crippen LogP contribution in [-0.2, 0) is 27.4 Å². The third kappa shape index (κ3) is 9.38. The molecule has 1 aliphatic rings.